The summed E-state index contributed by atoms with van der Waals surface area (Å²) in [6, 6.07) is 18.5. The summed E-state index contributed by atoms with van der Waals surface area (Å²) in [4.78, 5) is 0. The highest BCUT2D eigenvalue weighted by Crippen LogP contribution is 2.22. The largest absolute Gasteiger partial charge is 0.359 e. The Kier molecular flexibility index (Phi) is 5.56. The van der Waals surface area contributed by atoms with Crippen LogP contribution >= 0.6 is 28.1 Å². The highest BCUT2D eigenvalue weighted by molar-refractivity contribution is 9.10. The summed E-state index contributed by atoms with van der Waals surface area (Å²) in [5, 5.41) is 7.19. The minimum Gasteiger partial charge on any atom is -0.359 e. The normalized spacial score (nSPS) is 11.7. The van der Waals surface area contributed by atoms with Gasteiger partial charge < -0.3 is 10.6 Å². The number of hydrogen-bond donors (Lipinski definition) is 2. The van der Waals surface area contributed by atoms with E-state index < -0.39 is 0 Å². The molecule has 0 aliphatic rings. The van der Waals surface area contributed by atoms with Gasteiger partial charge in [-0.05, 0) is 36.3 Å². The summed E-state index contributed by atoms with van der Waals surface area (Å²) in [7, 11) is 0. The minimum atomic E-state index is 0.154. The topological polar surface area (TPSA) is 24.1 Å². The summed E-state index contributed by atoms with van der Waals surface area (Å²) in [5.74, 6) is 0. The predicted octanol–water partition coefficient (Wildman–Crippen LogP) is 4.17. The third-order valence-electron chi connectivity index (χ3n) is 3.02. The molecule has 2 nitrogen and oxygen atoms in total. The van der Waals surface area contributed by atoms with Crippen molar-refractivity contribution in [3.8, 4) is 0 Å². The van der Waals surface area contributed by atoms with Crippen molar-refractivity contribution in [1.29, 1.82) is 0 Å². The van der Waals surface area contributed by atoms with Gasteiger partial charge in [0.05, 0.1) is 6.04 Å². The minimum absolute atomic E-state index is 0.154. The summed E-state index contributed by atoms with van der Waals surface area (Å²) in [6.07, 6.45) is 0. The molecule has 0 saturated heterocycles. The maximum absolute atomic E-state index is 5.34. The fourth-order valence-electron chi connectivity index (χ4n) is 1.93. The van der Waals surface area contributed by atoms with E-state index in [0.29, 0.717) is 5.11 Å². The number of halogens is 1. The molecule has 4 heteroatoms. The highest BCUT2D eigenvalue weighted by Gasteiger charge is 2.09. The Morgan fingerprint density at radius 1 is 1.10 bits per heavy atom. The second-order valence-electron chi connectivity index (χ2n) is 4.56. The van der Waals surface area contributed by atoms with Crippen molar-refractivity contribution >= 4 is 33.3 Å². The first-order chi connectivity index (χ1) is 9.66. The Morgan fingerprint density at radius 2 is 1.75 bits per heavy atom. The van der Waals surface area contributed by atoms with E-state index in [1.54, 1.807) is 0 Å². The van der Waals surface area contributed by atoms with E-state index in [2.05, 4.69) is 51.7 Å². The van der Waals surface area contributed by atoms with Crippen molar-refractivity contribution in [3.05, 3.63) is 70.2 Å². The van der Waals surface area contributed by atoms with Gasteiger partial charge in [0.1, 0.15) is 0 Å². The quantitative estimate of drug-likeness (QED) is 0.810. The van der Waals surface area contributed by atoms with Crippen LogP contribution in [0, 0.1) is 0 Å². The zero-order valence-corrected chi connectivity index (χ0v) is 13.7. The van der Waals surface area contributed by atoms with Crippen LogP contribution in [0.2, 0.25) is 0 Å². The molecule has 2 rings (SSSR count). The van der Waals surface area contributed by atoms with Gasteiger partial charge in [-0.1, -0.05) is 64.5 Å². The average Bonchev–Trinajstić information content (AvgIpc) is 2.46. The summed E-state index contributed by atoms with van der Waals surface area (Å²) in [6.45, 7) is 2.83. The molecule has 2 aromatic rings. The second-order valence-corrected chi connectivity index (χ2v) is 5.82. The van der Waals surface area contributed by atoms with Crippen molar-refractivity contribution in [2.75, 3.05) is 0 Å². The average molecular weight is 349 g/mol. The Hall–Kier alpha value is -1.39. The molecule has 0 bridgehead atoms. The van der Waals surface area contributed by atoms with E-state index in [1.165, 1.54) is 11.1 Å². The van der Waals surface area contributed by atoms with Crippen LogP contribution in [0.5, 0.6) is 0 Å². The molecule has 104 valence electrons. The molecule has 0 heterocycles. The summed E-state index contributed by atoms with van der Waals surface area (Å²) < 4.78 is 1.09. The van der Waals surface area contributed by atoms with E-state index in [0.717, 1.165) is 11.0 Å². The second kappa shape index (κ2) is 7.41. The molecule has 0 saturated carbocycles. The van der Waals surface area contributed by atoms with Crippen molar-refractivity contribution in [2.45, 2.75) is 19.5 Å². The highest BCUT2D eigenvalue weighted by atomic mass is 79.9. The number of rotatable bonds is 4. The molecule has 0 aliphatic carbocycles. The van der Waals surface area contributed by atoms with Crippen molar-refractivity contribution in [2.24, 2.45) is 0 Å². The molecule has 0 amide bonds. The molecule has 0 spiro atoms. The van der Waals surface area contributed by atoms with Gasteiger partial charge in [-0.3, -0.25) is 0 Å². The number of benzene rings is 2. The van der Waals surface area contributed by atoms with Gasteiger partial charge in [-0.15, -0.1) is 0 Å². The lowest BCUT2D eigenvalue weighted by Crippen LogP contribution is -2.36. The van der Waals surface area contributed by atoms with E-state index >= 15 is 0 Å². The van der Waals surface area contributed by atoms with Crippen LogP contribution in [-0.4, -0.2) is 5.11 Å². The van der Waals surface area contributed by atoms with Crippen molar-refractivity contribution in [3.63, 3.8) is 0 Å². The van der Waals surface area contributed by atoms with Crippen LogP contribution in [0.25, 0.3) is 0 Å². The molecule has 0 radical (unpaired) electrons. The maximum atomic E-state index is 5.34. The van der Waals surface area contributed by atoms with Gasteiger partial charge in [0.25, 0.3) is 0 Å². The maximum Gasteiger partial charge on any atom is 0.167 e. The molecular weight excluding hydrogens is 332 g/mol. The first-order valence-electron chi connectivity index (χ1n) is 6.49. The number of nitrogens with one attached hydrogen (secondary N) is 2. The number of thiocarbonyl (C=S) groups is 1. The predicted molar refractivity (Wildman–Crippen MR) is 91.6 cm³/mol. The van der Waals surface area contributed by atoms with Gasteiger partial charge in [0.2, 0.25) is 0 Å². The van der Waals surface area contributed by atoms with Gasteiger partial charge in [0.15, 0.2) is 5.11 Å². The third kappa shape index (κ3) is 4.32. The Morgan fingerprint density at radius 3 is 2.45 bits per heavy atom. The zero-order valence-electron chi connectivity index (χ0n) is 11.3. The van der Waals surface area contributed by atoms with E-state index in [1.807, 2.05) is 36.4 Å². The fraction of sp³-hybridized carbons (Fsp3) is 0.188. The third-order valence-corrected chi connectivity index (χ3v) is 4.00. The monoisotopic (exact) mass is 348 g/mol. The summed E-state index contributed by atoms with van der Waals surface area (Å²) >= 11 is 8.89. The molecular formula is C16H17BrN2S. The number of hydrogen-bond acceptors (Lipinski definition) is 1. The molecule has 20 heavy (non-hydrogen) atoms. The molecule has 0 fully saturated rings. The van der Waals surface area contributed by atoms with Crippen molar-refractivity contribution in [1.82, 2.24) is 10.6 Å². The standard InChI is InChI=1S/C16H17BrN2S/c1-12(14-9-5-6-10-15(14)17)19-16(20)18-11-13-7-3-2-4-8-13/h2-10,12H,11H2,1H3,(H2,18,19,20)/t12-/m1/s1. The van der Waals surface area contributed by atoms with Crippen LogP contribution < -0.4 is 10.6 Å². The van der Waals surface area contributed by atoms with Gasteiger partial charge in [-0.25, -0.2) is 0 Å². The fourth-order valence-corrected chi connectivity index (χ4v) is 2.81. The molecule has 2 aromatic carbocycles. The molecule has 0 aromatic heterocycles. The van der Waals surface area contributed by atoms with Crippen molar-refractivity contribution < 1.29 is 0 Å². The summed E-state index contributed by atoms with van der Waals surface area (Å²) in [5.41, 5.74) is 2.40. The molecule has 2 N–H and O–H groups in total. The smallest absolute Gasteiger partial charge is 0.167 e. The zero-order chi connectivity index (χ0) is 14.4. The first kappa shape index (κ1) is 15.0. The molecule has 0 aliphatic heterocycles. The molecule has 0 unspecified atom stereocenters. The van der Waals surface area contributed by atoms with E-state index in [-0.39, 0.29) is 6.04 Å². The lowest BCUT2D eigenvalue weighted by Gasteiger charge is -2.18. The van der Waals surface area contributed by atoms with Crippen LogP contribution in [0.1, 0.15) is 24.1 Å². The SMILES string of the molecule is C[C@@H](NC(=S)NCc1ccccc1)c1ccccc1Br. The van der Waals surface area contributed by atoms with Crippen LogP contribution in [0.3, 0.4) is 0 Å². The van der Waals surface area contributed by atoms with Gasteiger partial charge in [-0.2, -0.15) is 0 Å². The Labute approximate surface area is 133 Å². The Balaban J connectivity index is 1.87. The van der Waals surface area contributed by atoms with Gasteiger partial charge in [0, 0.05) is 11.0 Å². The van der Waals surface area contributed by atoms with Crippen LogP contribution in [0.15, 0.2) is 59.1 Å². The Bertz CT molecular complexity index is 572. The first-order valence-corrected chi connectivity index (χ1v) is 7.69. The van der Waals surface area contributed by atoms with Crippen LogP contribution in [0.4, 0.5) is 0 Å². The van der Waals surface area contributed by atoms with Crippen LogP contribution in [-0.2, 0) is 6.54 Å². The lowest BCUT2D eigenvalue weighted by atomic mass is 10.1. The van der Waals surface area contributed by atoms with E-state index in [4.69, 9.17) is 12.2 Å². The lowest BCUT2D eigenvalue weighted by molar-refractivity contribution is 0.695. The van der Waals surface area contributed by atoms with Gasteiger partial charge >= 0.3 is 0 Å². The molecule has 1 atom stereocenters. The van der Waals surface area contributed by atoms with E-state index in [9.17, 15) is 0 Å².